The SMILES string of the molecule is CCc1cc(N2CCNCC2)ccc1Nc1ncc(C(F)(F)F)c(-c2cc3c(s2)C(=O)N(C2COC2)CCS3)n1.CO. The summed E-state index contributed by atoms with van der Waals surface area (Å²) >= 11 is 2.54. The van der Waals surface area contributed by atoms with Gasteiger partial charge in [0, 0.05) is 68.1 Å². The fraction of sp³-hybridized carbons (Fsp3) is 0.464. The van der Waals surface area contributed by atoms with Gasteiger partial charge in [-0.25, -0.2) is 9.97 Å². The second kappa shape index (κ2) is 13.2. The van der Waals surface area contributed by atoms with E-state index in [1.807, 2.05) is 19.1 Å². The number of aryl methyl sites for hydroxylation is 1. The first-order chi connectivity index (χ1) is 20.3. The van der Waals surface area contributed by atoms with Crippen LogP contribution in [0.4, 0.5) is 30.5 Å². The van der Waals surface area contributed by atoms with Crippen molar-refractivity contribution in [2.24, 2.45) is 0 Å². The molecule has 2 aromatic heterocycles. The maximum absolute atomic E-state index is 14.1. The molecule has 0 bridgehead atoms. The van der Waals surface area contributed by atoms with E-state index in [0.717, 1.165) is 74.2 Å². The number of thiophene rings is 1. The Bertz CT molecular complexity index is 1410. The molecule has 3 aromatic rings. The van der Waals surface area contributed by atoms with Gasteiger partial charge in [0.25, 0.3) is 5.91 Å². The van der Waals surface area contributed by atoms with Gasteiger partial charge < -0.3 is 30.3 Å². The van der Waals surface area contributed by atoms with Gasteiger partial charge in [-0.05, 0) is 36.2 Å². The smallest absolute Gasteiger partial charge is 0.400 e. The number of nitrogens with zero attached hydrogens (tertiary/aromatic N) is 4. The molecule has 3 aliphatic heterocycles. The Morgan fingerprint density at radius 1 is 1.17 bits per heavy atom. The van der Waals surface area contributed by atoms with E-state index in [1.54, 1.807) is 11.0 Å². The highest BCUT2D eigenvalue weighted by Crippen LogP contribution is 2.43. The number of carbonyl (C=O) groups excluding carboxylic acids is 1. The molecule has 9 nitrogen and oxygen atoms in total. The second-order valence-electron chi connectivity index (χ2n) is 9.85. The molecule has 2 saturated heterocycles. The van der Waals surface area contributed by atoms with E-state index in [9.17, 15) is 18.0 Å². The van der Waals surface area contributed by atoms with Crippen LogP contribution in [0.1, 0.15) is 27.7 Å². The van der Waals surface area contributed by atoms with Crippen LogP contribution in [-0.4, -0.2) is 90.7 Å². The van der Waals surface area contributed by atoms with Crippen LogP contribution < -0.4 is 15.5 Å². The average molecular weight is 623 g/mol. The molecule has 0 atom stereocenters. The minimum atomic E-state index is -4.65. The predicted octanol–water partition coefficient (Wildman–Crippen LogP) is 4.49. The average Bonchev–Trinajstić information content (AvgIpc) is 3.34. The minimum Gasteiger partial charge on any atom is -0.400 e. The summed E-state index contributed by atoms with van der Waals surface area (Å²) in [6.45, 7) is 7.26. The number of amides is 1. The van der Waals surface area contributed by atoms with E-state index in [-0.39, 0.29) is 23.6 Å². The number of fused-ring (bicyclic) bond motifs is 1. The molecule has 0 saturated carbocycles. The lowest BCUT2D eigenvalue weighted by atomic mass is 10.1. The van der Waals surface area contributed by atoms with Gasteiger partial charge in [0.15, 0.2) is 0 Å². The monoisotopic (exact) mass is 622 g/mol. The van der Waals surface area contributed by atoms with Crippen LogP contribution in [0.5, 0.6) is 0 Å². The lowest BCUT2D eigenvalue weighted by molar-refractivity contribution is -0.137. The molecule has 1 amide bonds. The zero-order valence-corrected chi connectivity index (χ0v) is 25.0. The van der Waals surface area contributed by atoms with Crippen molar-refractivity contribution in [2.45, 2.75) is 30.5 Å². The minimum absolute atomic E-state index is 0.0101. The van der Waals surface area contributed by atoms with E-state index >= 15 is 0 Å². The highest BCUT2D eigenvalue weighted by atomic mass is 32.2. The van der Waals surface area contributed by atoms with E-state index < -0.39 is 11.7 Å². The summed E-state index contributed by atoms with van der Waals surface area (Å²) in [6, 6.07) is 7.71. The molecular weight excluding hydrogens is 589 g/mol. The number of hydrogen-bond acceptors (Lipinski definition) is 10. The van der Waals surface area contributed by atoms with E-state index in [2.05, 4.69) is 31.6 Å². The first kappa shape index (κ1) is 30.5. The van der Waals surface area contributed by atoms with Gasteiger partial charge in [0.1, 0.15) is 10.4 Å². The lowest BCUT2D eigenvalue weighted by Gasteiger charge is -2.36. The number of aromatic nitrogens is 2. The summed E-state index contributed by atoms with van der Waals surface area (Å²) in [4.78, 5) is 27.2. The molecule has 226 valence electrons. The standard InChI is InChI=1S/C27H29F3N6O2S2.CH4O/c1-2-16-11-17(35-7-5-31-6-8-35)3-4-20(16)33-26-32-13-19(27(28,29)30)23(34-26)21-12-22-24(40-21)25(37)36(9-10-39-22)18-14-38-15-18;1-2/h3-4,11-13,18,31H,2,5-10,14-15H2,1H3,(H,32,33,34);2H,1H3. The Kier molecular flexibility index (Phi) is 9.57. The quantitative estimate of drug-likeness (QED) is 0.367. The van der Waals surface area contributed by atoms with Crippen molar-refractivity contribution >= 4 is 46.3 Å². The van der Waals surface area contributed by atoms with Crippen molar-refractivity contribution in [1.82, 2.24) is 20.2 Å². The number of ether oxygens (including phenoxy) is 1. The highest BCUT2D eigenvalue weighted by molar-refractivity contribution is 7.99. The normalized spacial score (nSPS) is 17.6. The summed E-state index contributed by atoms with van der Waals surface area (Å²) in [6.07, 6.45) is -3.10. The molecule has 0 radical (unpaired) electrons. The summed E-state index contributed by atoms with van der Waals surface area (Å²) < 4.78 is 47.5. The Morgan fingerprint density at radius 2 is 1.93 bits per heavy atom. The number of benzene rings is 1. The summed E-state index contributed by atoms with van der Waals surface area (Å²) in [5, 5.41) is 13.5. The van der Waals surface area contributed by atoms with E-state index in [4.69, 9.17) is 9.84 Å². The molecule has 2 fully saturated rings. The molecule has 5 heterocycles. The van der Waals surface area contributed by atoms with Gasteiger partial charge in [0.05, 0.1) is 29.8 Å². The first-order valence-corrected chi connectivity index (χ1v) is 15.5. The zero-order chi connectivity index (χ0) is 29.9. The maximum Gasteiger partial charge on any atom is 0.420 e. The van der Waals surface area contributed by atoms with Gasteiger partial charge in [-0.2, -0.15) is 13.2 Å². The van der Waals surface area contributed by atoms with Crippen molar-refractivity contribution in [3.05, 3.63) is 46.5 Å². The molecule has 3 aliphatic rings. The van der Waals surface area contributed by atoms with Crippen LogP contribution in [0.3, 0.4) is 0 Å². The Balaban J connectivity index is 0.00000173. The molecular formula is C28H33F3N6O3S2. The highest BCUT2D eigenvalue weighted by Gasteiger charge is 2.38. The van der Waals surface area contributed by atoms with Crippen molar-refractivity contribution < 1.29 is 27.8 Å². The number of alkyl halides is 3. The van der Waals surface area contributed by atoms with Gasteiger partial charge in [0.2, 0.25) is 5.95 Å². The van der Waals surface area contributed by atoms with E-state index in [1.165, 1.54) is 11.8 Å². The molecule has 0 spiro atoms. The van der Waals surface area contributed by atoms with Crippen molar-refractivity contribution in [3.63, 3.8) is 0 Å². The number of carbonyl (C=O) groups is 1. The number of halogens is 3. The molecule has 0 unspecified atom stereocenters. The Labute approximate surface area is 250 Å². The fourth-order valence-corrected chi connectivity index (χ4v) is 7.37. The van der Waals surface area contributed by atoms with Crippen LogP contribution in [0.2, 0.25) is 0 Å². The molecule has 6 rings (SSSR count). The van der Waals surface area contributed by atoms with Gasteiger partial charge in [-0.15, -0.1) is 23.1 Å². The van der Waals surface area contributed by atoms with Crippen molar-refractivity contribution in [2.75, 3.05) is 69.0 Å². The number of thioether (sulfide) groups is 1. The molecule has 3 N–H and O–H groups in total. The zero-order valence-electron chi connectivity index (χ0n) is 23.3. The Hall–Kier alpha value is -2.91. The number of aliphatic hydroxyl groups excluding tert-OH is 1. The molecule has 42 heavy (non-hydrogen) atoms. The van der Waals surface area contributed by atoms with Gasteiger partial charge in [-0.1, -0.05) is 6.92 Å². The second-order valence-corrected chi connectivity index (χ2v) is 12.0. The topological polar surface area (TPSA) is 103 Å². The number of aliphatic hydroxyl groups is 1. The molecule has 14 heteroatoms. The largest absolute Gasteiger partial charge is 0.420 e. The first-order valence-electron chi connectivity index (χ1n) is 13.7. The predicted molar refractivity (Wildman–Crippen MR) is 159 cm³/mol. The third kappa shape index (κ3) is 6.37. The third-order valence-electron chi connectivity index (χ3n) is 7.33. The lowest BCUT2D eigenvalue weighted by Crippen LogP contribution is -2.52. The third-order valence-corrected chi connectivity index (χ3v) is 9.61. The number of hydrogen-bond donors (Lipinski definition) is 3. The summed E-state index contributed by atoms with van der Waals surface area (Å²) in [5.41, 5.74) is 1.72. The van der Waals surface area contributed by atoms with Gasteiger partial charge >= 0.3 is 6.18 Å². The summed E-state index contributed by atoms with van der Waals surface area (Å²) in [5.74, 6) is 0.573. The van der Waals surface area contributed by atoms with Crippen molar-refractivity contribution in [1.29, 1.82) is 0 Å². The fourth-order valence-electron chi connectivity index (χ4n) is 5.06. The van der Waals surface area contributed by atoms with Gasteiger partial charge in [-0.3, -0.25) is 4.79 Å². The Morgan fingerprint density at radius 3 is 2.60 bits per heavy atom. The maximum atomic E-state index is 14.1. The van der Waals surface area contributed by atoms with Crippen LogP contribution in [0, 0.1) is 0 Å². The van der Waals surface area contributed by atoms with Crippen LogP contribution in [-0.2, 0) is 17.3 Å². The number of piperazine rings is 1. The van der Waals surface area contributed by atoms with Crippen LogP contribution in [0.15, 0.2) is 35.4 Å². The van der Waals surface area contributed by atoms with Crippen LogP contribution >= 0.6 is 23.1 Å². The number of nitrogens with one attached hydrogen (secondary N) is 2. The molecule has 1 aromatic carbocycles. The van der Waals surface area contributed by atoms with Crippen LogP contribution in [0.25, 0.3) is 10.6 Å². The number of rotatable bonds is 6. The summed E-state index contributed by atoms with van der Waals surface area (Å²) in [7, 11) is 1.00. The van der Waals surface area contributed by atoms with Crippen molar-refractivity contribution in [3.8, 4) is 10.6 Å². The number of anilines is 3. The molecule has 0 aliphatic carbocycles. The van der Waals surface area contributed by atoms with E-state index in [0.29, 0.717) is 40.2 Å².